The van der Waals surface area contributed by atoms with Crippen LogP contribution in [0.5, 0.6) is 0 Å². The summed E-state index contributed by atoms with van der Waals surface area (Å²) in [5, 5.41) is 0.635. The minimum absolute atomic E-state index is 0.154. The van der Waals surface area contributed by atoms with Gasteiger partial charge in [-0.1, -0.05) is 6.08 Å². The van der Waals surface area contributed by atoms with E-state index in [1.165, 1.54) is 23.5 Å². The van der Waals surface area contributed by atoms with Crippen LogP contribution in [0, 0.1) is 0 Å². The first kappa shape index (κ1) is 13.5. The number of nitrogen functional groups attached to an aromatic ring is 1. The van der Waals surface area contributed by atoms with Crippen molar-refractivity contribution in [2.45, 2.75) is 4.90 Å². The maximum atomic E-state index is 12.4. The Morgan fingerprint density at radius 3 is 2.84 bits per heavy atom. The summed E-state index contributed by atoms with van der Waals surface area (Å²) in [7, 11) is -2.10. The number of pyridine rings is 1. The topological polar surface area (TPSA) is 76.3 Å². The summed E-state index contributed by atoms with van der Waals surface area (Å²) in [5.74, 6) is 0. The Labute approximate surface area is 112 Å². The minimum Gasteiger partial charge on any atom is -0.398 e. The van der Waals surface area contributed by atoms with Gasteiger partial charge < -0.3 is 5.73 Å². The molecule has 0 aliphatic heterocycles. The third kappa shape index (κ3) is 2.32. The van der Waals surface area contributed by atoms with Gasteiger partial charge in [-0.3, -0.25) is 4.98 Å². The van der Waals surface area contributed by atoms with Gasteiger partial charge in [0.15, 0.2) is 0 Å². The molecule has 0 bridgehead atoms. The highest BCUT2D eigenvalue weighted by Crippen LogP contribution is 2.27. The molecule has 19 heavy (non-hydrogen) atoms. The summed E-state index contributed by atoms with van der Waals surface area (Å²) in [4.78, 5) is 4.29. The molecule has 0 saturated carbocycles. The summed E-state index contributed by atoms with van der Waals surface area (Å²) in [6, 6.07) is 6.55. The van der Waals surface area contributed by atoms with E-state index >= 15 is 0 Å². The molecule has 1 aromatic heterocycles. The first-order valence-electron chi connectivity index (χ1n) is 5.69. The number of benzene rings is 1. The highest BCUT2D eigenvalue weighted by molar-refractivity contribution is 7.89. The molecule has 0 spiro atoms. The zero-order chi connectivity index (χ0) is 14.0. The van der Waals surface area contributed by atoms with Crippen molar-refractivity contribution in [3.8, 4) is 0 Å². The lowest BCUT2D eigenvalue weighted by molar-refractivity contribution is 0.500. The molecule has 2 N–H and O–H groups in total. The Morgan fingerprint density at radius 2 is 2.16 bits per heavy atom. The molecule has 1 heterocycles. The van der Waals surface area contributed by atoms with Crippen LogP contribution in [-0.2, 0) is 10.0 Å². The fourth-order valence-electron chi connectivity index (χ4n) is 1.82. The first-order chi connectivity index (χ1) is 8.98. The van der Waals surface area contributed by atoms with E-state index in [1.807, 2.05) is 0 Å². The van der Waals surface area contributed by atoms with Crippen LogP contribution in [0.15, 0.2) is 48.0 Å². The van der Waals surface area contributed by atoms with Crippen molar-refractivity contribution in [1.29, 1.82) is 0 Å². The van der Waals surface area contributed by atoms with Gasteiger partial charge in [0.25, 0.3) is 0 Å². The lowest BCUT2D eigenvalue weighted by Gasteiger charge is -2.16. The third-order valence-electron chi connectivity index (χ3n) is 2.84. The standard InChI is InChI=1S/C13H15N3O2S/c1-3-9-16(2)19(17,18)12-7-6-11(14)10-5-4-8-15-13(10)12/h3-8H,1,9,14H2,2H3. The van der Waals surface area contributed by atoms with Crippen molar-refractivity contribution in [1.82, 2.24) is 9.29 Å². The third-order valence-corrected chi connectivity index (χ3v) is 4.70. The molecule has 0 fully saturated rings. The average Bonchev–Trinajstić information content (AvgIpc) is 2.39. The predicted octanol–water partition coefficient (Wildman–Crippen LogP) is 1.62. The largest absolute Gasteiger partial charge is 0.398 e. The van der Waals surface area contributed by atoms with E-state index in [9.17, 15) is 8.42 Å². The van der Waals surface area contributed by atoms with Gasteiger partial charge in [0.05, 0.1) is 5.52 Å². The fourth-order valence-corrected chi connectivity index (χ4v) is 3.11. The van der Waals surface area contributed by atoms with Crippen LogP contribution in [-0.4, -0.2) is 31.3 Å². The van der Waals surface area contributed by atoms with E-state index in [1.54, 1.807) is 24.4 Å². The molecule has 5 nitrogen and oxygen atoms in total. The van der Waals surface area contributed by atoms with Gasteiger partial charge in [-0.2, -0.15) is 4.31 Å². The summed E-state index contributed by atoms with van der Waals surface area (Å²) in [6.07, 6.45) is 3.08. The number of likely N-dealkylation sites (N-methyl/N-ethyl adjacent to an activating group) is 1. The summed E-state index contributed by atoms with van der Waals surface area (Å²) in [6.45, 7) is 3.78. The number of sulfonamides is 1. The zero-order valence-corrected chi connectivity index (χ0v) is 11.4. The molecule has 0 radical (unpaired) electrons. The first-order valence-corrected chi connectivity index (χ1v) is 7.13. The Hall–Kier alpha value is -1.92. The van der Waals surface area contributed by atoms with Crippen LogP contribution in [0.1, 0.15) is 0 Å². The number of anilines is 1. The molecule has 0 saturated heterocycles. The molecule has 2 aromatic rings. The second kappa shape index (κ2) is 4.99. The quantitative estimate of drug-likeness (QED) is 0.680. The Morgan fingerprint density at radius 1 is 1.42 bits per heavy atom. The van der Waals surface area contributed by atoms with Crippen LogP contribution >= 0.6 is 0 Å². The molecule has 6 heteroatoms. The SMILES string of the molecule is C=CCN(C)S(=O)(=O)c1ccc(N)c2cccnc12. The summed E-state index contributed by atoms with van der Waals surface area (Å²) >= 11 is 0. The Balaban J connectivity index is 2.70. The molecule has 0 atom stereocenters. The van der Waals surface area contributed by atoms with Crippen LogP contribution < -0.4 is 5.73 Å². The molecule has 0 aliphatic carbocycles. The van der Waals surface area contributed by atoms with Gasteiger partial charge in [0.1, 0.15) is 4.90 Å². The molecule has 100 valence electrons. The van der Waals surface area contributed by atoms with Gasteiger partial charge in [-0.05, 0) is 24.3 Å². The van der Waals surface area contributed by atoms with Crippen molar-refractivity contribution in [3.63, 3.8) is 0 Å². The summed E-state index contributed by atoms with van der Waals surface area (Å²) in [5.41, 5.74) is 6.73. The number of fused-ring (bicyclic) bond motifs is 1. The van der Waals surface area contributed by atoms with Crippen LogP contribution in [0.2, 0.25) is 0 Å². The van der Waals surface area contributed by atoms with Crippen LogP contribution in [0.4, 0.5) is 5.69 Å². The highest BCUT2D eigenvalue weighted by atomic mass is 32.2. The number of nitrogens with zero attached hydrogens (tertiary/aromatic N) is 2. The van der Waals surface area contributed by atoms with Crippen molar-refractivity contribution >= 4 is 26.6 Å². The van der Waals surface area contributed by atoms with Crippen molar-refractivity contribution < 1.29 is 8.42 Å². The zero-order valence-electron chi connectivity index (χ0n) is 10.6. The molecular weight excluding hydrogens is 262 g/mol. The van der Waals surface area contributed by atoms with E-state index in [0.29, 0.717) is 16.6 Å². The minimum atomic E-state index is -3.60. The van der Waals surface area contributed by atoms with Gasteiger partial charge in [0, 0.05) is 30.9 Å². The number of hydrogen-bond acceptors (Lipinski definition) is 4. The number of nitrogens with two attached hydrogens (primary N) is 1. The van der Waals surface area contributed by atoms with Crippen LogP contribution in [0.3, 0.4) is 0 Å². The normalized spacial score (nSPS) is 11.9. The van der Waals surface area contributed by atoms with Crippen LogP contribution in [0.25, 0.3) is 10.9 Å². The average molecular weight is 277 g/mol. The van der Waals surface area contributed by atoms with Gasteiger partial charge in [-0.15, -0.1) is 6.58 Å². The van der Waals surface area contributed by atoms with Gasteiger partial charge >= 0.3 is 0 Å². The maximum Gasteiger partial charge on any atom is 0.245 e. The number of rotatable bonds is 4. The lowest BCUT2D eigenvalue weighted by Crippen LogP contribution is -2.27. The van der Waals surface area contributed by atoms with Gasteiger partial charge in [-0.25, -0.2) is 8.42 Å². The monoisotopic (exact) mass is 277 g/mol. The molecule has 0 amide bonds. The second-order valence-electron chi connectivity index (χ2n) is 4.13. The number of aromatic nitrogens is 1. The van der Waals surface area contributed by atoms with E-state index < -0.39 is 10.0 Å². The predicted molar refractivity (Wildman–Crippen MR) is 76.2 cm³/mol. The summed E-state index contributed by atoms with van der Waals surface area (Å²) < 4.78 is 26.1. The van der Waals surface area contributed by atoms with E-state index in [-0.39, 0.29) is 11.4 Å². The van der Waals surface area contributed by atoms with Crippen molar-refractivity contribution in [2.75, 3.05) is 19.3 Å². The second-order valence-corrected chi connectivity index (χ2v) is 6.14. The number of hydrogen-bond donors (Lipinski definition) is 1. The maximum absolute atomic E-state index is 12.4. The molecule has 0 unspecified atom stereocenters. The molecule has 0 aliphatic rings. The Bertz CT molecular complexity index is 726. The lowest BCUT2D eigenvalue weighted by atomic mass is 10.2. The molecule has 1 aromatic carbocycles. The molecule has 2 rings (SSSR count). The highest BCUT2D eigenvalue weighted by Gasteiger charge is 2.23. The Kier molecular flexibility index (Phi) is 3.55. The smallest absolute Gasteiger partial charge is 0.245 e. The van der Waals surface area contributed by atoms with Crippen molar-refractivity contribution in [2.24, 2.45) is 0 Å². The van der Waals surface area contributed by atoms with Crippen molar-refractivity contribution in [3.05, 3.63) is 43.1 Å². The van der Waals surface area contributed by atoms with E-state index in [0.717, 1.165) is 0 Å². The molecular formula is C13H15N3O2S. The van der Waals surface area contributed by atoms with Gasteiger partial charge in [0.2, 0.25) is 10.0 Å². The van der Waals surface area contributed by atoms with E-state index in [4.69, 9.17) is 5.73 Å². The van der Waals surface area contributed by atoms with E-state index in [2.05, 4.69) is 11.6 Å². The fraction of sp³-hybridized carbons (Fsp3) is 0.154.